The van der Waals surface area contributed by atoms with Gasteiger partial charge in [-0.1, -0.05) is 32.1 Å². The standard InChI is InChI=1S/C19H28O/c1-18-11-4-3-5-13(18)6-7-14-15-8-9-17(20)19(15,2)12-10-16(14)18/h5-7,14-17,20H,3-4,8-12H2,1-2H3. The lowest BCUT2D eigenvalue weighted by Crippen LogP contribution is -2.49. The van der Waals surface area contributed by atoms with Crippen LogP contribution in [0.3, 0.4) is 0 Å². The van der Waals surface area contributed by atoms with Crippen LogP contribution in [0.2, 0.25) is 0 Å². The average Bonchev–Trinajstić information content (AvgIpc) is 2.74. The zero-order valence-corrected chi connectivity index (χ0v) is 12.9. The van der Waals surface area contributed by atoms with E-state index in [4.69, 9.17) is 0 Å². The van der Waals surface area contributed by atoms with Crippen molar-refractivity contribution in [1.29, 1.82) is 0 Å². The molecule has 20 heavy (non-hydrogen) atoms. The van der Waals surface area contributed by atoms with Gasteiger partial charge in [0.1, 0.15) is 0 Å². The van der Waals surface area contributed by atoms with Crippen molar-refractivity contribution >= 4 is 0 Å². The minimum absolute atomic E-state index is 0.0575. The number of rotatable bonds is 0. The number of hydrogen-bond donors (Lipinski definition) is 1. The summed E-state index contributed by atoms with van der Waals surface area (Å²) in [7, 11) is 0. The molecular weight excluding hydrogens is 244 g/mol. The third kappa shape index (κ3) is 1.53. The van der Waals surface area contributed by atoms with Gasteiger partial charge in [-0.3, -0.25) is 0 Å². The fourth-order valence-electron chi connectivity index (χ4n) is 6.16. The maximum Gasteiger partial charge on any atom is 0.0596 e. The van der Waals surface area contributed by atoms with Crippen LogP contribution in [-0.4, -0.2) is 11.2 Å². The third-order valence-corrected chi connectivity index (χ3v) is 7.52. The summed E-state index contributed by atoms with van der Waals surface area (Å²) in [6.07, 6.45) is 16.2. The van der Waals surface area contributed by atoms with Gasteiger partial charge in [0.25, 0.3) is 0 Å². The molecule has 0 aromatic carbocycles. The van der Waals surface area contributed by atoms with E-state index in [1.165, 1.54) is 38.5 Å². The molecule has 0 bridgehead atoms. The van der Waals surface area contributed by atoms with Gasteiger partial charge in [0, 0.05) is 0 Å². The molecule has 0 spiro atoms. The molecule has 6 unspecified atom stereocenters. The maximum atomic E-state index is 10.4. The smallest absolute Gasteiger partial charge is 0.0596 e. The van der Waals surface area contributed by atoms with E-state index in [1.807, 2.05) is 0 Å². The Hall–Kier alpha value is -0.560. The highest BCUT2D eigenvalue weighted by molar-refractivity contribution is 5.35. The van der Waals surface area contributed by atoms with Crippen LogP contribution in [0, 0.1) is 28.6 Å². The minimum atomic E-state index is -0.0575. The second-order valence-corrected chi connectivity index (χ2v) is 8.26. The highest BCUT2D eigenvalue weighted by Crippen LogP contribution is 2.63. The summed E-state index contributed by atoms with van der Waals surface area (Å²) in [4.78, 5) is 0. The SMILES string of the molecule is CC12CCCC=C1C=CC1C2CCC2(C)C(O)CCC12. The molecule has 0 heterocycles. The van der Waals surface area contributed by atoms with Gasteiger partial charge in [0.05, 0.1) is 6.10 Å². The summed E-state index contributed by atoms with van der Waals surface area (Å²) in [5.41, 5.74) is 2.23. The van der Waals surface area contributed by atoms with E-state index in [0.29, 0.717) is 17.3 Å². The fourth-order valence-corrected chi connectivity index (χ4v) is 6.16. The topological polar surface area (TPSA) is 20.2 Å². The van der Waals surface area contributed by atoms with Crippen LogP contribution >= 0.6 is 0 Å². The van der Waals surface area contributed by atoms with Gasteiger partial charge in [-0.25, -0.2) is 0 Å². The van der Waals surface area contributed by atoms with Crippen molar-refractivity contribution in [2.75, 3.05) is 0 Å². The van der Waals surface area contributed by atoms with E-state index in [-0.39, 0.29) is 11.5 Å². The van der Waals surface area contributed by atoms with Gasteiger partial charge < -0.3 is 5.11 Å². The quantitative estimate of drug-likeness (QED) is 0.689. The van der Waals surface area contributed by atoms with Gasteiger partial charge in [0.2, 0.25) is 0 Å². The Morgan fingerprint density at radius 3 is 2.80 bits per heavy atom. The molecule has 0 amide bonds. The molecular formula is C19H28O. The summed E-state index contributed by atoms with van der Waals surface area (Å²) in [5, 5.41) is 10.4. The first-order valence-electron chi connectivity index (χ1n) is 8.63. The molecule has 4 rings (SSSR count). The van der Waals surface area contributed by atoms with E-state index in [0.717, 1.165) is 12.3 Å². The largest absolute Gasteiger partial charge is 0.393 e. The highest BCUT2D eigenvalue weighted by atomic mass is 16.3. The van der Waals surface area contributed by atoms with Crippen LogP contribution < -0.4 is 0 Å². The number of allylic oxidation sites excluding steroid dienone is 4. The van der Waals surface area contributed by atoms with Crippen LogP contribution in [0.25, 0.3) is 0 Å². The van der Waals surface area contributed by atoms with Crippen LogP contribution in [0.15, 0.2) is 23.8 Å². The molecule has 1 nitrogen and oxygen atoms in total. The van der Waals surface area contributed by atoms with Gasteiger partial charge in [-0.2, -0.15) is 0 Å². The zero-order chi connectivity index (χ0) is 14.0. The highest BCUT2D eigenvalue weighted by Gasteiger charge is 2.57. The van der Waals surface area contributed by atoms with Crippen LogP contribution in [0.1, 0.15) is 58.8 Å². The lowest BCUT2D eigenvalue weighted by Gasteiger charge is -2.55. The van der Waals surface area contributed by atoms with Gasteiger partial charge in [-0.15, -0.1) is 0 Å². The third-order valence-electron chi connectivity index (χ3n) is 7.52. The second kappa shape index (κ2) is 4.22. The molecule has 0 saturated heterocycles. The molecule has 2 saturated carbocycles. The summed E-state index contributed by atoms with van der Waals surface area (Å²) >= 11 is 0. The summed E-state index contributed by atoms with van der Waals surface area (Å²) in [6, 6.07) is 0. The van der Waals surface area contributed by atoms with Crippen molar-refractivity contribution in [2.45, 2.75) is 64.9 Å². The summed E-state index contributed by atoms with van der Waals surface area (Å²) in [5.74, 6) is 2.25. The Kier molecular flexibility index (Phi) is 2.77. The molecule has 0 radical (unpaired) electrons. The van der Waals surface area contributed by atoms with Crippen molar-refractivity contribution < 1.29 is 5.11 Å². The molecule has 2 fully saturated rings. The minimum Gasteiger partial charge on any atom is -0.393 e. The van der Waals surface area contributed by atoms with E-state index >= 15 is 0 Å². The van der Waals surface area contributed by atoms with E-state index in [1.54, 1.807) is 5.57 Å². The van der Waals surface area contributed by atoms with E-state index < -0.39 is 0 Å². The molecule has 0 aromatic rings. The summed E-state index contributed by atoms with van der Waals surface area (Å²) in [6.45, 7) is 4.88. The zero-order valence-electron chi connectivity index (χ0n) is 12.9. The molecule has 1 heteroatoms. The summed E-state index contributed by atoms with van der Waals surface area (Å²) < 4.78 is 0. The molecule has 110 valence electrons. The number of hydrogen-bond acceptors (Lipinski definition) is 1. The van der Waals surface area contributed by atoms with Crippen molar-refractivity contribution in [2.24, 2.45) is 28.6 Å². The van der Waals surface area contributed by atoms with Crippen LogP contribution in [0.4, 0.5) is 0 Å². The van der Waals surface area contributed by atoms with Gasteiger partial charge in [0.15, 0.2) is 0 Å². The van der Waals surface area contributed by atoms with Crippen molar-refractivity contribution in [1.82, 2.24) is 0 Å². The van der Waals surface area contributed by atoms with Gasteiger partial charge >= 0.3 is 0 Å². The second-order valence-electron chi connectivity index (χ2n) is 8.26. The monoisotopic (exact) mass is 272 g/mol. The molecule has 4 aliphatic carbocycles. The fraction of sp³-hybridized carbons (Fsp3) is 0.789. The predicted octanol–water partition coefficient (Wildman–Crippen LogP) is 4.48. The van der Waals surface area contributed by atoms with Crippen LogP contribution in [-0.2, 0) is 0 Å². The Balaban J connectivity index is 1.74. The first-order chi connectivity index (χ1) is 9.56. The van der Waals surface area contributed by atoms with Crippen molar-refractivity contribution in [3.05, 3.63) is 23.8 Å². The molecule has 0 aliphatic heterocycles. The first kappa shape index (κ1) is 13.1. The lowest BCUT2D eigenvalue weighted by molar-refractivity contribution is -0.0473. The predicted molar refractivity (Wildman–Crippen MR) is 82.2 cm³/mol. The molecule has 1 N–H and O–H groups in total. The Morgan fingerprint density at radius 2 is 1.95 bits per heavy atom. The maximum absolute atomic E-state index is 10.4. The Morgan fingerprint density at radius 1 is 1.10 bits per heavy atom. The molecule has 6 atom stereocenters. The van der Waals surface area contributed by atoms with E-state index in [9.17, 15) is 5.11 Å². The first-order valence-corrected chi connectivity index (χ1v) is 8.63. The normalized spacial score (nSPS) is 53.9. The number of fused-ring (bicyclic) bond motifs is 5. The average molecular weight is 272 g/mol. The lowest BCUT2D eigenvalue weighted by atomic mass is 9.49. The molecule has 4 aliphatic rings. The number of aliphatic hydroxyl groups is 1. The van der Waals surface area contributed by atoms with Crippen LogP contribution in [0.5, 0.6) is 0 Å². The Bertz CT molecular complexity index is 476. The Labute approximate surface area is 123 Å². The van der Waals surface area contributed by atoms with Gasteiger partial charge in [-0.05, 0) is 79.1 Å². The van der Waals surface area contributed by atoms with Crippen molar-refractivity contribution in [3.63, 3.8) is 0 Å². The van der Waals surface area contributed by atoms with E-state index in [2.05, 4.69) is 32.1 Å². The van der Waals surface area contributed by atoms with Crippen molar-refractivity contribution in [3.8, 4) is 0 Å². The number of aliphatic hydroxyl groups excluding tert-OH is 1. The molecule has 0 aromatic heterocycles.